The number of benzene rings is 3. The summed E-state index contributed by atoms with van der Waals surface area (Å²) in [5, 5.41) is 23.6. The molecule has 1 amide bonds. The number of carbonyl (C=O) groups is 1. The third kappa shape index (κ3) is 7.59. The number of nitrogens with zero attached hydrogens (tertiary/aromatic N) is 3. The van der Waals surface area contributed by atoms with Gasteiger partial charge in [-0.1, -0.05) is 36.4 Å². The minimum absolute atomic E-state index is 0.0381. The number of amides is 1. The van der Waals surface area contributed by atoms with Crippen molar-refractivity contribution in [2.24, 2.45) is 5.92 Å². The van der Waals surface area contributed by atoms with Gasteiger partial charge in [-0.25, -0.2) is 25.4 Å². The van der Waals surface area contributed by atoms with Gasteiger partial charge in [0.05, 0.1) is 28.3 Å². The molecule has 246 valence electrons. The van der Waals surface area contributed by atoms with Crippen molar-refractivity contribution in [3.05, 3.63) is 83.4 Å². The highest BCUT2D eigenvalue weighted by Gasteiger charge is 2.46. The van der Waals surface area contributed by atoms with Crippen molar-refractivity contribution in [2.45, 2.75) is 35.9 Å². The van der Waals surface area contributed by atoms with E-state index in [9.17, 15) is 39.9 Å². The van der Waals surface area contributed by atoms with Gasteiger partial charge in [0.1, 0.15) is 5.60 Å². The summed E-state index contributed by atoms with van der Waals surface area (Å²) in [6.07, 6.45) is -3.84. The Morgan fingerprint density at radius 2 is 1.63 bits per heavy atom. The number of sulfonamides is 2. The summed E-state index contributed by atoms with van der Waals surface area (Å²) in [6.45, 7) is 0.0762. The van der Waals surface area contributed by atoms with Crippen molar-refractivity contribution >= 4 is 31.6 Å². The molecular weight excluding hydrogens is 645 g/mol. The van der Waals surface area contributed by atoms with E-state index in [0.29, 0.717) is 22.8 Å². The van der Waals surface area contributed by atoms with E-state index in [1.54, 1.807) is 36.4 Å². The fraction of sp³-hybridized carbons (Fsp3) is 0.355. The minimum Gasteiger partial charge on any atom is -0.379 e. The number of anilines is 1. The molecule has 1 aliphatic rings. The second-order valence-electron chi connectivity index (χ2n) is 11.4. The van der Waals surface area contributed by atoms with Gasteiger partial charge in [-0.2, -0.15) is 18.4 Å². The maximum Gasteiger partial charge on any atom is 0.417 e. The summed E-state index contributed by atoms with van der Waals surface area (Å²) in [4.78, 5) is 13.9. The maximum atomic E-state index is 13.8. The molecule has 1 aliphatic heterocycles. The number of alkyl halides is 3. The Hall–Kier alpha value is -3.81. The Labute approximate surface area is 266 Å². The van der Waals surface area contributed by atoms with Gasteiger partial charge < -0.3 is 10.4 Å². The number of carbonyl (C=O) groups excluding carboxylic acids is 1. The number of piperidine rings is 1. The molecule has 0 aromatic heterocycles. The first-order chi connectivity index (χ1) is 21.4. The van der Waals surface area contributed by atoms with E-state index in [1.807, 2.05) is 0 Å². The monoisotopic (exact) mass is 678 g/mol. The van der Waals surface area contributed by atoms with Gasteiger partial charge in [0.15, 0.2) is 0 Å². The summed E-state index contributed by atoms with van der Waals surface area (Å²) in [5.41, 5.74) is -2.49. The third-order valence-corrected chi connectivity index (χ3v) is 11.2. The van der Waals surface area contributed by atoms with Gasteiger partial charge in [-0.15, -0.1) is 0 Å². The van der Waals surface area contributed by atoms with E-state index in [2.05, 4.69) is 5.32 Å². The molecule has 46 heavy (non-hydrogen) atoms. The molecule has 2 N–H and O–H groups in total. The molecule has 3 aromatic rings. The Morgan fingerprint density at radius 1 is 1.00 bits per heavy atom. The van der Waals surface area contributed by atoms with E-state index >= 15 is 0 Å². The third-order valence-electron chi connectivity index (χ3n) is 8.06. The lowest BCUT2D eigenvalue weighted by Gasteiger charge is -2.40. The Kier molecular flexibility index (Phi) is 10.0. The van der Waals surface area contributed by atoms with Crippen LogP contribution >= 0.6 is 0 Å². The number of nitriles is 1. The first-order valence-corrected chi connectivity index (χ1v) is 17.4. The first kappa shape index (κ1) is 35.1. The number of rotatable bonds is 9. The molecule has 10 nitrogen and oxygen atoms in total. The zero-order chi connectivity index (χ0) is 34.1. The van der Waals surface area contributed by atoms with E-state index in [4.69, 9.17) is 5.26 Å². The summed E-state index contributed by atoms with van der Waals surface area (Å²) in [7, 11) is -4.33. The normalized spacial score (nSPS) is 16.5. The van der Waals surface area contributed by atoms with Crippen LogP contribution in [0.4, 0.5) is 18.9 Å². The van der Waals surface area contributed by atoms with Crippen molar-refractivity contribution < 1.29 is 39.9 Å². The molecule has 1 fully saturated rings. The SMILES string of the molecule is CN(C)S(=O)(=O)c1ccc(-c2cccc(CC(O)(C(=O)Nc3ccc(C#N)c(C(F)(F)F)c3)C3CCN(S(C)(=O)=O)CC3)c2)cc1. The molecule has 0 radical (unpaired) electrons. The molecule has 0 aliphatic carbocycles. The van der Waals surface area contributed by atoms with Crippen LogP contribution in [0.2, 0.25) is 0 Å². The highest BCUT2D eigenvalue weighted by molar-refractivity contribution is 7.89. The van der Waals surface area contributed by atoms with Crippen LogP contribution < -0.4 is 5.32 Å². The number of halogens is 3. The molecule has 15 heteroatoms. The van der Waals surface area contributed by atoms with Crippen LogP contribution in [-0.2, 0) is 37.4 Å². The molecular formula is C31H33F3N4O6S2. The average Bonchev–Trinajstić information content (AvgIpc) is 3.00. The van der Waals surface area contributed by atoms with E-state index in [-0.39, 0.29) is 42.9 Å². The van der Waals surface area contributed by atoms with Gasteiger partial charge in [0.2, 0.25) is 20.0 Å². The number of hydrogen-bond acceptors (Lipinski definition) is 7. The Bertz CT molecular complexity index is 1870. The minimum atomic E-state index is -4.87. The molecule has 1 saturated heterocycles. The summed E-state index contributed by atoms with van der Waals surface area (Å²) in [6, 6.07) is 17.2. The quantitative estimate of drug-likeness (QED) is 0.347. The van der Waals surface area contributed by atoms with Crippen LogP contribution in [0.1, 0.15) is 29.5 Å². The van der Waals surface area contributed by atoms with Crippen molar-refractivity contribution in [1.29, 1.82) is 5.26 Å². The van der Waals surface area contributed by atoms with Crippen LogP contribution in [0, 0.1) is 17.2 Å². The highest BCUT2D eigenvalue weighted by atomic mass is 32.2. The van der Waals surface area contributed by atoms with E-state index in [0.717, 1.165) is 22.7 Å². The average molecular weight is 679 g/mol. The molecule has 3 aromatic carbocycles. The molecule has 0 bridgehead atoms. The number of hydrogen-bond donors (Lipinski definition) is 2. The van der Waals surface area contributed by atoms with Gasteiger partial charge in [0.25, 0.3) is 5.91 Å². The number of nitrogens with one attached hydrogen (secondary N) is 1. The van der Waals surface area contributed by atoms with Gasteiger partial charge >= 0.3 is 6.18 Å². The smallest absolute Gasteiger partial charge is 0.379 e. The Morgan fingerprint density at radius 3 is 2.17 bits per heavy atom. The lowest BCUT2D eigenvalue weighted by molar-refractivity contribution is -0.142. The standard InChI is InChI=1S/C31H33F3N4O6S2/c1-37(2)46(43,44)27-11-8-22(9-12-27)23-6-4-5-21(17-23)19-30(40,25-13-15-38(16-14-25)45(3,41)42)29(39)36-26-10-7-24(20-35)28(18-26)31(32,33)34/h4-12,17-18,25,40H,13-16,19H2,1-3H3,(H,36,39). The summed E-state index contributed by atoms with van der Waals surface area (Å²) >= 11 is 0. The van der Waals surface area contributed by atoms with E-state index < -0.39 is 54.8 Å². The fourth-order valence-electron chi connectivity index (χ4n) is 5.47. The first-order valence-electron chi connectivity index (χ1n) is 14.1. The molecule has 1 heterocycles. The van der Waals surface area contributed by atoms with Gasteiger partial charge in [-0.05, 0) is 65.8 Å². The van der Waals surface area contributed by atoms with Crippen LogP contribution in [0.15, 0.2) is 71.6 Å². The highest BCUT2D eigenvalue weighted by Crippen LogP contribution is 2.37. The Balaban J connectivity index is 1.68. The van der Waals surface area contributed by atoms with Crippen LogP contribution in [0.3, 0.4) is 0 Å². The summed E-state index contributed by atoms with van der Waals surface area (Å²) < 4.78 is 92.2. The second-order valence-corrected chi connectivity index (χ2v) is 15.5. The van der Waals surface area contributed by atoms with Crippen LogP contribution in [0.25, 0.3) is 11.1 Å². The second kappa shape index (κ2) is 13.1. The molecule has 0 saturated carbocycles. The lowest BCUT2D eigenvalue weighted by atomic mass is 9.76. The van der Waals surface area contributed by atoms with Crippen molar-refractivity contribution in [3.8, 4) is 17.2 Å². The lowest BCUT2D eigenvalue weighted by Crippen LogP contribution is -2.54. The molecule has 1 atom stereocenters. The number of aliphatic hydroxyl groups is 1. The van der Waals surface area contributed by atoms with Gasteiger partial charge in [-0.3, -0.25) is 4.79 Å². The summed E-state index contributed by atoms with van der Waals surface area (Å²) in [5.74, 6) is -1.74. The molecule has 0 spiro atoms. The largest absolute Gasteiger partial charge is 0.417 e. The topological polar surface area (TPSA) is 148 Å². The maximum absolute atomic E-state index is 13.8. The predicted molar refractivity (Wildman–Crippen MR) is 165 cm³/mol. The fourth-order valence-corrected chi connectivity index (χ4v) is 7.25. The van der Waals surface area contributed by atoms with Crippen molar-refractivity contribution in [1.82, 2.24) is 8.61 Å². The molecule has 4 rings (SSSR count). The van der Waals surface area contributed by atoms with Crippen LogP contribution in [-0.4, -0.2) is 75.5 Å². The van der Waals surface area contributed by atoms with E-state index in [1.165, 1.54) is 36.6 Å². The zero-order valence-corrected chi connectivity index (χ0v) is 26.9. The van der Waals surface area contributed by atoms with Crippen molar-refractivity contribution in [3.63, 3.8) is 0 Å². The molecule has 1 unspecified atom stereocenters. The van der Waals surface area contributed by atoms with Gasteiger partial charge in [0, 0.05) is 39.3 Å². The van der Waals surface area contributed by atoms with Crippen molar-refractivity contribution in [2.75, 3.05) is 38.8 Å². The van der Waals surface area contributed by atoms with Crippen LogP contribution in [0.5, 0.6) is 0 Å². The predicted octanol–water partition coefficient (Wildman–Crippen LogP) is 4.08. The zero-order valence-electron chi connectivity index (χ0n) is 25.2.